The Bertz CT molecular complexity index is 169. The third-order valence-electron chi connectivity index (χ3n) is 3.43. The van der Waals surface area contributed by atoms with E-state index in [0.29, 0.717) is 6.04 Å². The van der Waals surface area contributed by atoms with Crippen LogP contribution < -0.4 is 10.6 Å². The number of piperidine rings is 1. The average molecular weight is 214 g/mol. The molecule has 2 N–H and O–H groups in total. The van der Waals surface area contributed by atoms with Crippen molar-refractivity contribution in [1.29, 1.82) is 0 Å². The van der Waals surface area contributed by atoms with Crippen molar-refractivity contribution < 1.29 is 0 Å². The lowest BCUT2D eigenvalue weighted by atomic mass is 9.98. The highest BCUT2D eigenvalue weighted by molar-refractivity contribution is 7.99. The molecule has 3 heteroatoms. The van der Waals surface area contributed by atoms with Crippen LogP contribution in [0.15, 0.2) is 0 Å². The Hall–Kier alpha value is 0.270. The van der Waals surface area contributed by atoms with Crippen molar-refractivity contribution in [2.45, 2.75) is 50.7 Å². The predicted octanol–water partition coefficient (Wildman–Crippen LogP) is 1.61. The van der Waals surface area contributed by atoms with E-state index in [9.17, 15) is 0 Å². The van der Waals surface area contributed by atoms with Crippen LogP contribution in [0, 0.1) is 0 Å². The Balaban J connectivity index is 1.76. The van der Waals surface area contributed by atoms with Gasteiger partial charge >= 0.3 is 0 Å². The van der Waals surface area contributed by atoms with E-state index in [1.54, 1.807) is 0 Å². The first-order valence-electron chi connectivity index (χ1n) is 5.93. The van der Waals surface area contributed by atoms with Gasteiger partial charge in [-0.15, -0.1) is 0 Å². The van der Waals surface area contributed by atoms with Gasteiger partial charge in [-0.25, -0.2) is 0 Å². The fourth-order valence-corrected chi connectivity index (χ4v) is 3.55. The number of rotatable bonds is 2. The summed E-state index contributed by atoms with van der Waals surface area (Å²) in [5.41, 5.74) is 0. The molecule has 2 heterocycles. The summed E-state index contributed by atoms with van der Waals surface area (Å²) in [7, 11) is 0. The van der Waals surface area contributed by atoms with Gasteiger partial charge in [0.15, 0.2) is 0 Å². The first-order chi connectivity index (χ1) is 6.86. The molecule has 0 aromatic heterocycles. The molecule has 2 atom stereocenters. The summed E-state index contributed by atoms with van der Waals surface area (Å²) < 4.78 is 0. The summed E-state index contributed by atoms with van der Waals surface area (Å²) in [5.74, 6) is 2.71. The molecule has 2 fully saturated rings. The molecular formula is C11H22N2S. The molecule has 0 radical (unpaired) electrons. The maximum absolute atomic E-state index is 3.83. The number of thioether (sulfide) groups is 1. The molecule has 14 heavy (non-hydrogen) atoms. The number of nitrogens with one attached hydrogen (secondary N) is 2. The topological polar surface area (TPSA) is 24.1 Å². The predicted molar refractivity (Wildman–Crippen MR) is 64.0 cm³/mol. The maximum Gasteiger partial charge on any atom is 0.0221 e. The van der Waals surface area contributed by atoms with Gasteiger partial charge in [-0.2, -0.15) is 11.8 Å². The molecule has 0 aliphatic carbocycles. The highest BCUT2D eigenvalue weighted by Gasteiger charge is 2.24. The smallest absolute Gasteiger partial charge is 0.0221 e. The molecule has 0 amide bonds. The van der Waals surface area contributed by atoms with Gasteiger partial charge in [-0.1, -0.05) is 0 Å². The Morgan fingerprint density at radius 2 is 2.00 bits per heavy atom. The van der Waals surface area contributed by atoms with Crippen molar-refractivity contribution in [2.75, 3.05) is 18.1 Å². The van der Waals surface area contributed by atoms with Crippen LogP contribution in [0.5, 0.6) is 0 Å². The first-order valence-corrected chi connectivity index (χ1v) is 7.09. The van der Waals surface area contributed by atoms with Crippen molar-refractivity contribution >= 4 is 11.8 Å². The second kappa shape index (κ2) is 5.38. The van der Waals surface area contributed by atoms with Gasteiger partial charge in [0.2, 0.25) is 0 Å². The lowest BCUT2D eigenvalue weighted by Crippen LogP contribution is -2.53. The summed E-state index contributed by atoms with van der Waals surface area (Å²) in [5, 5.41) is 7.39. The molecule has 2 unspecified atom stereocenters. The second-order valence-electron chi connectivity index (χ2n) is 4.54. The van der Waals surface area contributed by atoms with Crippen molar-refractivity contribution in [3.8, 4) is 0 Å². The molecule has 2 saturated heterocycles. The summed E-state index contributed by atoms with van der Waals surface area (Å²) >= 11 is 2.11. The zero-order valence-corrected chi connectivity index (χ0v) is 9.91. The van der Waals surface area contributed by atoms with E-state index >= 15 is 0 Å². The normalized spacial score (nSPS) is 35.8. The first kappa shape index (κ1) is 10.8. The van der Waals surface area contributed by atoms with E-state index in [0.717, 1.165) is 12.1 Å². The van der Waals surface area contributed by atoms with E-state index in [-0.39, 0.29) is 0 Å². The molecule has 0 spiro atoms. The SMILES string of the molecule is CC1NCCCC1NC1CCSCC1. The summed E-state index contributed by atoms with van der Waals surface area (Å²) in [6.45, 7) is 3.52. The molecule has 0 aromatic carbocycles. The van der Waals surface area contributed by atoms with Gasteiger partial charge in [-0.05, 0) is 50.7 Å². The lowest BCUT2D eigenvalue weighted by Gasteiger charge is -2.35. The zero-order chi connectivity index (χ0) is 9.80. The van der Waals surface area contributed by atoms with E-state index < -0.39 is 0 Å². The Kier molecular flexibility index (Phi) is 4.14. The molecular weight excluding hydrogens is 192 g/mol. The Morgan fingerprint density at radius 3 is 2.71 bits per heavy atom. The molecule has 82 valence electrons. The van der Waals surface area contributed by atoms with Crippen LogP contribution in [0.2, 0.25) is 0 Å². The van der Waals surface area contributed by atoms with E-state index in [1.165, 1.54) is 43.7 Å². The van der Waals surface area contributed by atoms with Crippen LogP contribution in [-0.2, 0) is 0 Å². The van der Waals surface area contributed by atoms with Gasteiger partial charge in [0.1, 0.15) is 0 Å². The largest absolute Gasteiger partial charge is 0.313 e. The van der Waals surface area contributed by atoms with Crippen molar-refractivity contribution in [2.24, 2.45) is 0 Å². The lowest BCUT2D eigenvalue weighted by molar-refractivity contribution is 0.284. The highest BCUT2D eigenvalue weighted by Crippen LogP contribution is 2.19. The van der Waals surface area contributed by atoms with E-state index in [4.69, 9.17) is 0 Å². The van der Waals surface area contributed by atoms with Crippen molar-refractivity contribution in [1.82, 2.24) is 10.6 Å². The van der Waals surface area contributed by atoms with Gasteiger partial charge in [0.25, 0.3) is 0 Å². The van der Waals surface area contributed by atoms with Gasteiger partial charge in [0.05, 0.1) is 0 Å². The summed E-state index contributed by atoms with van der Waals surface area (Å²) in [6.07, 6.45) is 5.43. The average Bonchev–Trinajstić information content (AvgIpc) is 2.23. The van der Waals surface area contributed by atoms with Crippen LogP contribution >= 0.6 is 11.8 Å². The molecule has 2 nitrogen and oxygen atoms in total. The zero-order valence-electron chi connectivity index (χ0n) is 9.09. The minimum atomic E-state index is 0.665. The van der Waals surface area contributed by atoms with Crippen molar-refractivity contribution in [3.05, 3.63) is 0 Å². The van der Waals surface area contributed by atoms with Crippen LogP contribution in [0.4, 0.5) is 0 Å². The minimum Gasteiger partial charge on any atom is -0.313 e. The van der Waals surface area contributed by atoms with E-state index in [1.807, 2.05) is 0 Å². The number of hydrogen-bond acceptors (Lipinski definition) is 3. The maximum atomic E-state index is 3.83. The molecule has 2 aliphatic rings. The van der Waals surface area contributed by atoms with Crippen LogP contribution in [0.3, 0.4) is 0 Å². The third-order valence-corrected chi connectivity index (χ3v) is 4.48. The Labute approximate surface area is 91.6 Å². The molecule has 0 saturated carbocycles. The number of hydrogen-bond donors (Lipinski definition) is 2. The standard InChI is InChI=1S/C11H22N2S/c1-9-11(3-2-6-12-9)13-10-4-7-14-8-5-10/h9-13H,2-8H2,1H3. The molecule has 2 rings (SSSR count). The van der Waals surface area contributed by atoms with Gasteiger partial charge < -0.3 is 10.6 Å². The van der Waals surface area contributed by atoms with Crippen molar-refractivity contribution in [3.63, 3.8) is 0 Å². The van der Waals surface area contributed by atoms with Crippen LogP contribution in [-0.4, -0.2) is 36.2 Å². The third kappa shape index (κ3) is 2.88. The van der Waals surface area contributed by atoms with Crippen LogP contribution in [0.1, 0.15) is 32.6 Å². The molecule has 0 bridgehead atoms. The highest BCUT2D eigenvalue weighted by atomic mass is 32.2. The fourth-order valence-electron chi connectivity index (χ4n) is 2.44. The fraction of sp³-hybridized carbons (Fsp3) is 1.00. The quantitative estimate of drug-likeness (QED) is 0.730. The molecule has 2 aliphatic heterocycles. The summed E-state index contributed by atoms with van der Waals surface area (Å²) in [4.78, 5) is 0. The summed E-state index contributed by atoms with van der Waals surface area (Å²) in [6, 6.07) is 2.18. The van der Waals surface area contributed by atoms with Crippen LogP contribution in [0.25, 0.3) is 0 Å². The second-order valence-corrected chi connectivity index (χ2v) is 5.77. The van der Waals surface area contributed by atoms with Gasteiger partial charge in [-0.3, -0.25) is 0 Å². The Morgan fingerprint density at radius 1 is 1.21 bits per heavy atom. The monoisotopic (exact) mass is 214 g/mol. The van der Waals surface area contributed by atoms with Gasteiger partial charge in [0, 0.05) is 18.1 Å². The molecule has 0 aromatic rings. The minimum absolute atomic E-state index is 0.665. The van der Waals surface area contributed by atoms with E-state index in [2.05, 4.69) is 29.3 Å².